The maximum absolute atomic E-state index is 13.5. The number of aryl methyl sites for hydroxylation is 1. The number of halogens is 1. The lowest BCUT2D eigenvalue weighted by Crippen LogP contribution is -2.39. The van der Waals surface area contributed by atoms with Crippen LogP contribution in [-0.2, 0) is 0 Å². The highest BCUT2D eigenvalue weighted by atomic mass is 19.1. The lowest BCUT2D eigenvalue weighted by molar-refractivity contribution is 0.155. The van der Waals surface area contributed by atoms with E-state index in [4.69, 9.17) is 5.73 Å². The topological polar surface area (TPSA) is 29.3 Å². The molecule has 2 atom stereocenters. The summed E-state index contributed by atoms with van der Waals surface area (Å²) >= 11 is 0. The Kier molecular flexibility index (Phi) is 4.94. The van der Waals surface area contributed by atoms with Crippen molar-refractivity contribution < 1.29 is 4.39 Å². The smallest absolute Gasteiger partial charge is 0.126 e. The van der Waals surface area contributed by atoms with Crippen molar-refractivity contribution in [3.63, 3.8) is 0 Å². The van der Waals surface area contributed by atoms with Gasteiger partial charge in [-0.3, -0.25) is 0 Å². The van der Waals surface area contributed by atoms with Gasteiger partial charge in [0.25, 0.3) is 0 Å². The summed E-state index contributed by atoms with van der Waals surface area (Å²) in [7, 11) is 0. The Labute approximate surface area is 115 Å². The normalized spacial score (nSPS) is 22.4. The van der Waals surface area contributed by atoms with Crippen molar-refractivity contribution in [3.05, 3.63) is 35.1 Å². The van der Waals surface area contributed by atoms with Gasteiger partial charge >= 0.3 is 0 Å². The molecule has 1 aromatic carbocycles. The molecule has 0 saturated carbocycles. The number of likely N-dealkylation sites (tertiary alicyclic amines) is 1. The lowest BCUT2D eigenvalue weighted by atomic mass is 10.00. The molecule has 0 radical (unpaired) electrons. The second-order valence-electron chi connectivity index (χ2n) is 5.78. The molecule has 2 nitrogen and oxygen atoms in total. The van der Waals surface area contributed by atoms with E-state index in [1.165, 1.54) is 25.8 Å². The molecule has 3 heteroatoms. The van der Waals surface area contributed by atoms with Gasteiger partial charge in [0.15, 0.2) is 0 Å². The van der Waals surface area contributed by atoms with Crippen molar-refractivity contribution >= 4 is 0 Å². The summed E-state index contributed by atoms with van der Waals surface area (Å²) in [5.41, 5.74) is 7.77. The largest absolute Gasteiger partial charge is 0.324 e. The van der Waals surface area contributed by atoms with Crippen molar-refractivity contribution in [1.29, 1.82) is 0 Å². The Morgan fingerprint density at radius 3 is 2.89 bits per heavy atom. The quantitative estimate of drug-likeness (QED) is 0.903. The molecule has 1 aliphatic rings. The minimum atomic E-state index is -0.153. The fraction of sp³-hybridized carbons (Fsp3) is 0.625. The molecule has 0 aromatic heterocycles. The summed E-state index contributed by atoms with van der Waals surface area (Å²) < 4.78 is 13.5. The van der Waals surface area contributed by atoms with Gasteiger partial charge in [0.1, 0.15) is 5.82 Å². The average molecular weight is 264 g/mol. The van der Waals surface area contributed by atoms with Crippen LogP contribution in [0.4, 0.5) is 4.39 Å². The number of piperidine rings is 1. The summed E-state index contributed by atoms with van der Waals surface area (Å²) in [6.45, 7) is 6.25. The Hall–Kier alpha value is -0.930. The molecule has 0 bridgehead atoms. The molecule has 1 heterocycles. The molecule has 2 unspecified atom stereocenters. The maximum Gasteiger partial charge on any atom is 0.126 e. The average Bonchev–Trinajstić information content (AvgIpc) is 2.40. The summed E-state index contributed by atoms with van der Waals surface area (Å²) in [5.74, 6) is -0.153. The van der Waals surface area contributed by atoms with Crippen LogP contribution in [0.5, 0.6) is 0 Å². The zero-order chi connectivity index (χ0) is 13.8. The Morgan fingerprint density at radius 2 is 2.21 bits per heavy atom. The van der Waals surface area contributed by atoms with Gasteiger partial charge in [0.05, 0.1) is 0 Å². The van der Waals surface area contributed by atoms with Crippen molar-refractivity contribution in [1.82, 2.24) is 4.90 Å². The summed E-state index contributed by atoms with van der Waals surface area (Å²) in [6, 6.07) is 5.94. The van der Waals surface area contributed by atoms with Gasteiger partial charge in [-0.2, -0.15) is 0 Å². The predicted molar refractivity (Wildman–Crippen MR) is 77.6 cm³/mol. The highest BCUT2D eigenvalue weighted by Crippen LogP contribution is 2.21. The number of nitrogens with two attached hydrogens (primary N) is 1. The zero-order valence-electron chi connectivity index (χ0n) is 12.0. The number of hydrogen-bond donors (Lipinski definition) is 1. The Morgan fingerprint density at radius 1 is 1.42 bits per heavy atom. The SMILES string of the molecule is Cc1ccc(C(N)CCN2CCCCC2C)cc1F. The minimum absolute atomic E-state index is 0.0655. The molecule has 2 rings (SSSR count). The van der Waals surface area contributed by atoms with Gasteiger partial charge in [0.2, 0.25) is 0 Å². The molecule has 0 amide bonds. The summed E-state index contributed by atoms with van der Waals surface area (Å²) in [5, 5.41) is 0. The second-order valence-corrected chi connectivity index (χ2v) is 5.78. The highest BCUT2D eigenvalue weighted by molar-refractivity contribution is 5.25. The van der Waals surface area contributed by atoms with Crippen LogP contribution in [0.15, 0.2) is 18.2 Å². The van der Waals surface area contributed by atoms with Gasteiger partial charge in [0, 0.05) is 18.6 Å². The van der Waals surface area contributed by atoms with Crippen LogP contribution in [0.1, 0.15) is 49.8 Å². The molecule has 1 aliphatic heterocycles. The van der Waals surface area contributed by atoms with Gasteiger partial charge in [-0.1, -0.05) is 18.6 Å². The lowest BCUT2D eigenvalue weighted by Gasteiger charge is -2.34. The number of benzene rings is 1. The van der Waals surface area contributed by atoms with Crippen LogP contribution in [0, 0.1) is 12.7 Å². The van der Waals surface area contributed by atoms with E-state index in [1.807, 2.05) is 12.1 Å². The molecular formula is C16H25FN2. The molecule has 1 saturated heterocycles. The first kappa shape index (κ1) is 14.5. The van der Waals surface area contributed by atoms with Gasteiger partial charge < -0.3 is 10.6 Å². The molecular weight excluding hydrogens is 239 g/mol. The second kappa shape index (κ2) is 6.49. The van der Waals surface area contributed by atoms with Crippen molar-refractivity contribution in [3.8, 4) is 0 Å². The van der Waals surface area contributed by atoms with Crippen molar-refractivity contribution in [2.24, 2.45) is 5.73 Å². The predicted octanol–water partition coefficient (Wildman–Crippen LogP) is 3.40. The van der Waals surface area contributed by atoms with Crippen molar-refractivity contribution in [2.45, 2.75) is 51.6 Å². The fourth-order valence-corrected chi connectivity index (χ4v) is 2.80. The molecule has 0 aliphatic carbocycles. The minimum Gasteiger partial charge on any atom is -0.324 e. The Balaban J connectivity index is 1.89. The number of nitrogens with zero attached hydrogens (tertiary/aromatic N) is 1. The Bertz CT molecular complexity index is 419. The van der Waals surface area contributed by atoms with Gasteiger partial charge in [-0.25, -0.2) is 4.39 Å². The van der Waals surface area contributed by atoms with E-state index in [0.29, 0.717) is 11.6 Å². The van der Waals surface area contributed by atoms with Crippen LogP contribution in [0.25, 0.3) is 0 Å². The molecule has 2 N–H and O–H groups in total. The van der Waals surface area contributed by atoms with E-state index in [2.05, 4.69) is 11.8 Å². The summed E-state index contributed by atoms with van der Waals surface area (Å²) in [6.07, 6.45) is 4.81. The van der Waals surface area contributed by atoms with Crippen LogP contribution >= 0.6 is 0 Å². The molecule has 1 fully saturated rings. The van der Waals surface area contributed by atoms with E-state index in [9.17, 15) is 4.39 Å². The van der Waals surface area contributed by atoms with E-state index < -0.39 is 0 Å². The van der Waals surface area contributed by atoms with E-state index in [1.54, 1.807) is 13.0 Å². The monoisotopic (exact) mass is 264 g/mol. The zero-order valence-corrected chi connectivity index (χ0v) is 12.0. The molecule has 0 spiro atoms. The molecule has 106 valence electrons. The van der Waals surface area contributed by atoms with Crippen molar-refractivity contribution in [2.75, 3.05) is 13.1 Å². The third-order valence-corrected chi connectivity index (χ3v) is 4.29. The van der Waals surface area contributed by atoms with Gasteiger partial charge in [-0.15, -0.1) is 0 Å². The third-order valence-electron chi connectivity index (χ3n) is 4.29. The summed E-state index contributed by atoms with van der Waals surface area (Å²) in [4.78, 5) is 2.51. The first-order chi connectivity index (χ1) is 9.08. The maximum atomic E-state index is 13.5. The third kappa shape index (κ3) is 3.77. The number of hydrogen-bond acceptors (Lipinski definition) is 2. The van der Waals surface area contributed by atoms with E-state index in [0.717, 1.165) is 18.5 Å². The standard InChI is InChI=1S/C16H25FN2/c1-12-6-7-14(11-15(12)17)16(18)8-10-19-9-4-3-5-13(19)2/h6-7,11,13,16H,3-5,8-10,18H2,1-2H3. The first-order valence-electron chi connectivity index (χ1n) is 7.33. The van der Waals surface area contributed by atoms with E-state index in [-0.39, 0.29) is 11.9 Å². The van der Waals surface area contributed by atoms with Crippen LogP contribution in [-0.4, -0.2) is 24.0 Å². The van der Waals surface area contributed by atoms with Crippen LogP contribution < -0.4 is 5.73 Å². The molecule has 1 aromatic rings. The number of rotatable bonds is 4. The molecule has 19 heavy (non-hydrogen) atoms. The van der Waals surface area contributed by atoms with E-state index >= 15 is 0 Å². The highest BCUT2D eigenvalue weighted by Gasteiger charge is 2.19. The fourth-order valence-electron chi connectivity index (χ4n) is 2.80. The van der Waals surface area contributed by atoms with Crippen LogP contribution in [0.3, 0.4) is 0 Å². The van der Waals surface area contributed by atoms with Gasteiger partial charge in [-0.05, 0) is 56.8 Å². The first-order valence-corrected chi connectivity index (χ1v) is 7.33. The van der Waals surface area contributed by atoms with Crippen LogP contribution in [0.2, 0.25) is 0 Å².